The SMILES string of the molecule is CNCc1csc(CC2CCCS2(=O)=O)n1. The van der Waals surface area contributed by atoms with Crippen LogP contribution in [-0.2, 0) is 22.8 Å². The first kappa shape index (κ1) is 12.0. The number of sulfone groups is 1. The van der Waals surface area contributed by atoms with Gasteiger partial charge in [-0.2, -0.15) is 0 Å². The summed E-state index contributed by atoms with van der Waals surface area (Å²) < 4.78 is 23.3. The average molecular weight is 260 g/mol. The molecule has 1 saturated heterocycles. The lowest BCUT2D eigenvalue weighted by molar-refractivity contribution is 0.588. The van der Waals surface area contributed by atoms with Gasteiger partial charge in [-0.25, -0.2) is 13.4 Å². The molecule has 1 fully saturated rings. The molecule has 6 heteroatoms. The average Bonchev–Trinajstić information content (AvgIpc) is 2.76. The third-order valence-corrected chi connectivity index (χ3v) is 6.02. The molecule has 16 heavy (non-hydrogen) atoms. The van der Waals surface area contributed by atoms with Crippen LogP contribution in [0.1, 0.15) is 23.5 Å². The van der Waals surface area contributed by atoms with Crippen molar-refractivity contribution < 1.29 is 8.42 Å². The summed E-state index contributed by atoms with van der Waals surface area (Å²) in [5.41, 5.74) is 0.998. The van der Waals surface area contributed by atoms with E-state index in [1.54, 1.807) is 11.3 Å². The lowest BCUT2D eigenvalue weighted by atomic mass is 10.2. The van der Waals surface area contributed by atoms with E-state index >= 15 is 0 Å². The Bertz CT molecular complexity index is 453. The Morgan fingerprint density at radius 3 is 3.06 bits per heavy atom. The molecule has 1 aliphatic rings. The molecule has 0 aromatic carbocycles. The predicted octanol–water partition coefficient (Wildman–Crippen LogP) is 0.982. The number of nitrogens with one attached hydrogen (secondary N) is 1. The zero-order chi connectivity index (χ0) is 11.6. The predicted molar refractivity (Wildman–Crippen MR) is 65.4 cm³/mol. The first-order chi connectivity index (χ1) is 7.62. The minimum Gasteiger partial charge on any atom is -0.314 e. The van der Waals surface area contributed by atoms with Crippen molar-refractivity contribution in [1.82, 2.24) is 10.3 Å². The Balaban J connectivity index is 2.03. The molecule has 0 saturated carbocycles. The monoisotopic (exact) mass is 260 g/mol. The van der Waals surface area contributed by atoms with Crippen LogP contribution < -0.4 is 5.32 Å². The van der Waals surface area contributed by atoms with E-state index < -0.39 is 9.84 Å². The molecule has 0 radical (unpaired) electrons. The molecule has 1 aromatic rings. The fourth-order valence-electron chi connectivity index (χ4n) is 1.99. The molecule has 0 spiro atoms. The molecule has 2 rings (SSSR count). The zero-order valence-electron chi connectivity index (χ0n) is 9.27. The fraction of sp³-hybridized carbons (Fsp3) is 0.700. The van der Waals surface area contributed by atoms with Crippen molar-refractivity contribution in [3.05, 3.63) is 16.1 Å². The maximum absolute atomic E-state index is 11.7. The first-order valence-electron chi connectivity index (χ1n) is 5.41. The van der Waals surface area contributed by atoms with Crippen molar-refractivity contribution in [3.63, 3.8) is 0 Å². The normalized spacial score (nSPS) is 23.7. The Kier molecular flexibility index (Phi) is 3.61. The standard InChI is InChI=1S/C10H16N2O2S2/c1-11-6-8-7-15-10(12-8)5-9-3-2-4-16(9,13)14/h7,9,11H,2-6H2,1H3. The molecule has 1 N–H and O–H groups in total. The van der Waals surface area contributed by atoms with Gasteiger partial charge in [-0.3, -0.25) is 0 Å². The topological polar surface area (TPSA) is 59.1 Å². The summed E-state index contributed by atoms with van der Waals surface area (Å²) in [4.78, 5) is 4.42. The van der Waals surface area contributed by atoms with Gasteiger partial charge in [0, 0.05) is 18.3 Å². The minimum absolute atomic E-state index is 0.193. The van der Waals surface area contributed by atoms with Crippen molar-refractivity contribution in [2.75, 3.05) is 12.8 Å². The Morgan fingerprint density at radius 2 is 2.44 bits per heavy atom. The van der Waals surface area contributed by atoms with Gasteiger partial charge < -0.3 is 5.32 Å². The Morgan fingerprint density at radius 1 is 1.62 bits per heavy atom. The zero-order valence-corrected chi connectivity index (χ0v) is 10.9. The molecule has 0 bridgehead atoms. The molecule has 0 amide bonds. The van der Waals surface area contributed by atoms with Crippen LogP contribution in [0.5, 0.6) is 0 Å². The fourth-order valence-corrected chi connectivity index (χ4v) is 4.81. The highest BCUT2D eigenvalue weighted by Crippen LogP contribution is 2.24. The van der Waals surface area contributed by atoms with Gasteiger partial charge >= 0.3 is 0 Å². The van der Waals surface area contributed by atoms with Gasteiger partial charge in [0.2, 0.25) is 0 Å². The van der Waals surface area contributed by atoms with Crippen molar-refractivity contribution in [2.45, 2.75) is 31.1 Å². The van der Waals surface area contributed by atoms with Crippen LogP contribution in [0, 0.1) is 0 Å². The van der Waals surface area contributed by atoms with Gasteiger partial charge in [-0.05, 0) is 19.9 Å². The van der Waals surface area contributed by atoms with Crippen LogP contribution in [0.4, 0.5) is 0 Å². The third kappa shape index (κ3) is 2.61. The molecule has 0 aliphatic carbocycles. The number of hydrogen-bond acceptors (Lipinski definition) is 5. The van der Waals surface area contributed by atoms with E-state index in [9.17, 15) is 8.42 Å². The first-order valence-corrected chi connectivity index (χ1v) is 8.01. The van der Waals surface area contributed by atoms with Gasteiger partial charge in [0.25, 0.3) is 0 Å². The van der Waals surface area contributed by atoms with Gasteiger partial charge in [-0.1, -0.05) is 0 Å². The smallest absolute Gasteiger partial charge is 0.153 e. The van der Waals surface area contributed by atoms with Crippen molar-refractivity contribution in [1.29, 1.82) is 0 Å². The van der Waals surface area contributed by atoms with E-state index in [-0.39, 0.29) is 5.25 Å². The number of rotatable bonds is 4. The largest absolute Gasteiger partial charge is 0.314 e. The molecule has 1 aromatic heterocycles. The van der Waals surface area contributed by atoms with Crippen molar-refractivity contribution in [3.8, 4) is 0 Å². The van der Waals surface area contributed by atoms with E-state index in [1.165, 1.54) is 0 Å². The Hall–Kier alpha value is -0.460. The van der Waals surface area contributed by atoms with Crippen LogP contribution in [0.15, 0.2) is 5.38 Å². The molecular formula is C10H16N2O2S2. The van der Waals surface area contributed by atoms with Crippen molar-refractivity contribution >= 4 is 21.2 Å². The van der Waals surface area contributed by atoms with Crippen LogP contribution in [0.3, 0.4) is 0 Å². The maximum atomic E-state index is 11.7. The summed E-state index contributed by atoms with van der Waals surface area (Å²) in [6, 6.07) is 0. The molecule has 1 aliphatic heterocycles. The Labute approximate surface area is 100 Å². The molecule has 1 atom stereocenters. The van der Waals surface area contributed by atoms with Gasteiger partial charge in [-0.15, -0.1) is 11.3 Å². The molecule has 4 nitrogen and oxygen atoms in total. The highest BCUT2D eigenvalue weighted by atomic mass is 32.2. The summed E-state index contributed by atoms with van der Waals surface area (Å²) in [5.74, 6) is 0.354. The third-order valence-electron chi connectivity index (χ3n) is 2.82. The molecular weight excluding hydrogens is 244 g/mol. The summed E-state index contributed by atoms with van der Waals surface area (Å²) in [7, 11) is -0.962. The van der Waals surface area contributed by atoms with Gasteiger partial charge in [0.05, 0.1) is 21.7 Å². The summed E-state index contributed by atoms with van der Waals surface area (Å²) in [6.45, 7) is 0.744. The second-order valence-electron chi connectivity index (χ2n) is 4.10. The van der Waals surface area contributed by atoms with E-state index in [2.05, 4.69) is 10.3 Å². The van der Waals surface area contributed by atoms with Crippen LogP contribution in [0.25, 0.3) is 0 Å². The molecule has 1 unspecified atom stereocenters. The minimum atomic E-state index is -2.84. The second-order valence-corrected chi connectivity index (χ2v) is 7.44. The highest BCUT2D eigenvalue weighted by Gasteiger charge is 2.31. The maximum Gasteiger partial charge on any atom is 0.153 e. The molecule has 90 valence electrons. The summed E-state index contributed by atoms with van der Waals surface area (Å²) in [5, 5.41) is 5.78. The lowest BCUT2D eigenvalue weighted by Gasteiger charge is -2.05. The number of nitrogens with zero attached hydrogens (tertiary/aromatic N) is 1. The van der Waals surface area contributed by atoms with Crippen LogP contribution in [0.2, 0.25) is 0 Å². The lowest BCUT2D eigenvalue weighted by Crippen LogP contribution is -2.18. The van der Waals surface area contributed by atoms with Crippen LogP contribution >= 0.6 is 11.3 Å². The van der Waals surface area contributed by atoms with Gasteiger partial charge in [0.1, 0.15) is 0 Å². The summed E-state index contributed by atoms with van der Waals surface area (Å²) >= 11 is 1.56. The molecule has 2 heterocycles. The van der Waals surface area contributed by atoms with E-state index in [0.29, 0.717) is 12.2 Å². The van der Waals surface area contributed by atoms with Crippen LogP contribution in [-0.4, -0.2) is 31.5 Å². The summed E-state index contributed by atoms with van der Waals surface area (Å²) in [6.07, 6.45) is 2.20. The van der Waals surface area contributed by atoms with E-state index in [1.807, 2.05) is 12.4 Å². The highest BCUT2D eigenvalue weighted by molar-refractivity contribution is 7.92. The number of hydrogen-bond donors (Lipinski definition) is 1. The number of thiazole rings is 1. The van der Waals surface area contributed by atoms with Crippen molar-refractivity contribution in [2.24, 2.45) is 0 Å². The quantitative estimate of drug-likeness (QED) is 0.877. The van der Waals surface area contributed by atoms with Gasteiger partial charge in [0.15, 0.2) is 9.84 Å². The number of aromatic nitrogens is 1. The van der Waals surface area contributed by atoms with E-state index in [4.69, 9.17) is 0 Å². The van der Waals surface area contributed by atoms with E-state index in [0.717, 1.165) is 30.1 Å². The second kappa shape index (κ2) is 4.81.